The van der Waals surface area contributed by atoms with E-state index in [-0.39, 0.29) is 16.9 Å². The molecule has 0 radical (unpaired) electrons. The summed E-state index contributed by atoms with van der Waals surface area (Å²) in [5.74, 6) is -0.00653. The minimum atomic E-state index is -0.700. The van der Waals surface area contributed by atoms with Crippen molar-refractivity contribution in [3.05, 3.63) is 0 Å². The summed E-state index contributed by atoms with van der Waals surface area (Å²) in [5.41, 5.74) is 5.14. The van der Waals surface area contributed by atoms with E-state index in [9.17, 15) is 4.79 Å². The van der Waals surface area contributed by atoms with E-state index < -0.39 is 5.41 Å². The smallest absolute Gasteiger partial charge is 0.233 e. The zero-order chi connectivity index (χ0) is 16.9. The number of carbonyl (C=O) groups is 1. The lowest BCUT2D eigenvalue weighted by Gasteiger charge is -2.38. The predicted molar refractivity (Wildman–Crippen MR) is 95.3 cm³/mol. The van der Waals surface area contributed by atoms with Crippen molar-refractivity contribution in [1.82, 2.24) is 5.32 Å². The van der Waals surface area contributed by atoms with E-state index in [2.05, 4.69) is 53.8 Å². The molecule has 0 rings (SSSR count). The Labute approximate surface area is 136 Å². The largest absolute Gasteiger partial charge is 0.392 e. The fourth-order valence-electron chi connectivity index (χ4n) is 3.36. The van der Waals surface area contributed by atoms with Crippen LogP contribution in [0.3, 0.4) is 0 Å². The Hall–Kier alpha value is -0.640. The summed E-state index contributed by atoms with van der Waals surface area (Å²) in [4.78, 5) is 13.2. The number of thiocarbonyl (C=S) groups is 1. The van der Waals surface area contributed by atoms with Crippen LogP contribution < -0.4 is 11.1 Å². The molecule has 3 nitrogen and oxygen atoms in total. The fourth-order valence-corrected chi connectivity index (χ4v) is 3.66. The molecule has 0 unspecified atom stereocenters. The van der Waals surface area contributed by atoms with Crippen molar-refractivity contribution in [2.75, 3.05) is 0 Å². The maximum atomic E-state index is 12.9. The van der Waals surface area contributed by atoms with Gasteiger partial charge in [0.2, 0.25) is 5.91 Å². The molecule has 0 aromatic heterocycles. The van der Waals surface area contributed by atoms with Crippen molar-refractivity contribution in [3.8, 4) is 0 Å². The number of carbonyl (C=O) groups excluding carboxylic acids is 1. The van der Waals surface area contributed by atoms with E-state index >= 15 is 0 Å². The highest BCUT2D eigenvalue weighted by atomic mass is 32.1. The third-order valence-corrected chi connectivity index (χ3v) is 4.07. The summed E-state index contributed by atoms with van der Waals surface area (Å²) in [6.07, 6.45) is 4.12. The van der Waals surface area contributed by atoms with Gasteiger partial charge in [-0.05, 0) is 38.5 Å². The monoisotopic (exact) mass is 314 g/mol. The predicted octanol–water partition coefficient (Wildman–Crippen LogP) is 4.19. The van der Waals surface area contributed by atoms with Crippen LogP contribution in [0.1, 0.15) is 80.6 Å². The quantitative estimate of drug-likeness (QED) is 0.660. The summed E-state index contributed by atoms with van der Waals surface area (Å²) >= 11 is 5.25. The standard InChI is InChI=1S/C17H34N2OS/c1-8-10-17(11-9-2,13(18)21)14(20)19-16(6,7)12-15(3,4)5/h8-12H2,1-7H3,(H2,18,21)(H,19,20). The Morgan fingerprint density at radius 1 is 1.05 bits per heavy atom. The first-order valence-corrected chi connectivity index (χ1v) is 8.43. The second-order valence-corrected chi connectivity index (χ2v) is 8.46. The molecule has 0 saturated carbocycles. The van der Waals surface area contributed by atoms with E-state index in [0.29, 0.717) is 17.8 Å². The van der Waals surface area contributed by atoms with Gasteiger partial charge in [0.1, 0.15) is 0 Å². The minimum absolute atomic E-state index is 0.00653. The maximum Gasteiger partial charge on any atom is 0.233 e. The molecule has 0 aromatic rings. The van der Waals surface area contributed by atoms with Crippen LogP contribution in [0.2, 0.25) is 0 Å². The highest BCUT2D eigenvalue weighted by Gasteiger charge is 2.42. The van der Waals surface area contributed by atoms with Crippen molar-refractivity contribution in [3.63, 3.8) is 0 Å². The summed E-state index contributed by atoms with van der Waals surface area (Å²) in [6, 6.07) is 0. The van der Waals surface area contributed by atoms with Gasteiger partial charge in [-0.15, -0.1) is 0 Å². The van der Waals surface area contributed by atoms with Gasteiger partial charge in [0.05, 0.1) is 10.4 Å². The lowest BCUT2D eigenvalue weighted by Crippen LogP contribution is -2.55. The second-order valence-electron chi connectivity index (χ2n) is 8.02. The molecule has 0 spiro atoms. The van der Waals surface area contributed by atoms with E-state index in [1.54, 1.807) is 0 Å². The van der Waals surface area contributed by atoms with Crippen molar-refractivity contribution in [2.45, 2.75) is 86.1 Å². The molecule has 0 bridgehead atoms. The molecule has 0 atom stereocenters. The Bertz CT molecular complexity index is 363. The number of hydrogen-bond donors (Lipinski definition) is 2. The molecule has 124 valence electrons. The molecule has 21 heavy (non-hydrogen) atoms. The molecule has 0 saturated heterocycles. The van der Waals surface area contributed by atoms with Crippen LogP contribution in [-0.2, 0) is 4.79 Å². The van der Waals surface area contributed by atoms with Crippen LogP contribution in [0.15, 0.2) is 0 Å². The molecule has 0 aliphatic rings. The molecule has 0 heterocycles. The first-order chi connectivity index (χ1) is 9.40. The first-order valence-electron chi connectivity index (χ1n) is 8.03. The Morgan fingerprint density at radius 3 is 1.76 bits per heavy atom. The minimum Gasteiger partial charge on any atom is -0.392 e. The van der Waals surface area contributed by atoms with Crippen LogP contribution in [-0.4, -0.2) is 16.4 Å². The number of amides is 1. The summed E-state index contributed by atoms with van der Waals surface area (Å²) < 4.78 is 0. The average molecular weight is 315 g/mol. The molecular weight excluding hydrogens is 280 g/mol. The van der Waals surface area contributed by atoms with E-state index in [1.165, 1.54) is 0 Å². The van der Waals surface area contributed by atoms with Crippen molar-refractivity contribution >= 4 is 23.1 Å². The number of hydrogen-bond acceptors (Lipinski definition) is 2. The zero-order valence-corrected chi connectivity index (χ0v) is 15.7. The Morgan fingerprint density at radius 2 is 1.48 bits per heavy atom. The molecule has 1 amide bonds. The third-order valence-electron chi connectivity index (χ3n) is 3.68. The molecule has 0 aromatic carbocycles. The normalized spacial score (nSPS) is 13.1. The van der Waals surface area contributed by atoms with Crippen molar-refractivity contribution in [1.29, 1.82) is 0 Å². The number of rotatable bonds is 8. The molecular formula is C17H34N2OS. The van der Waals surface area contributed by atoms with Crippen LogP contribution >= 0.6 is 12.2 Å². The van der Waals surface area contributed by atoms with Crippen LogP contribution in [0.4, 0.5) is 0 Å². The van der Waals surface area contributed by atoms with Crippen LogP contribution in [0.5, 0.6) is 0 Å². The highest BCUT2D eigenvalue weighted by molar-refractivity contribution is 7.80. The summed E-state index contributed by atoms with van der Waals surface area (Å²) in [5, 5.41) is 3.20. The van der Waals surface area contributed by atoms with E-state index in [0.717, 1.165) is 19.3 Å². The highest BCUT2D eigenvalue weighted by Crippen LogP contribution is 2.33. The maximum absolute atomic E-state index is 12.9. The topological polar surface area (TPSA) is 55.1 Å². The fraction of sp³-hybridized carbons (Fsp3) is 0.882. The summed E-state index contributed by atoms with van der Waals surface area (Å²) in [6.45, 7) is 14.8. The number of nitrogens with two attached hydrogens (primary N) is 1. The van der Waals surface area contributed by atoms with Crippen LogP contribution in [0, 0.1) is 10.8 Å². The van der Waals surface area contributed by atoms with E-state index in [1.807, 2.05) is 0 Å². The van der Waals surface area contributed by atoms with Gasteiger partial charge in [0.25, 0.3) is 0 Å². The van der Waals surface area contributed by atoms with Gasteiger partial charge in [0.15, 0.2) is 0 Å². The SMILES string of the molecule is CCCC(CCC)(C(=O)NC(C)(C)CC(C)(C)C)C(N)=S. The molecule has 0 aliphatic heterocycles. The lowest BCUT2D eigenvalue weighted by atomic mass is 9.76. The number of nitrogens with one attached hydrogen (secondary N) is 1. The molecule has 3 N–H and O–H groups in total. The van der Waals surface area contributed by atoms with Gasteiger partial charge in [-0.2, -0.15) is 0 Å². The van der Waals surface area contributed by atoms with Crippen molar-refractivity contribution < 1.29 is 4.79 Å². The third kappa shape index (κ3) is 6.33. The summed E-state index contributed by atoms with van der Waals surface area (Å²) in [7, 11) is 0. The van der Waals surface area contributed by atoms with Gasteiger partial charge in [0, 0.05) is 5.54 Å². The van der Waals surface area contributed by atoms with Gasteiger partial charge < -0.3 is 11.1 Å². The molecule has 0 fully saturated rings. The van der Waals surface area contributed by atoms with Crippen LogP contribution in [0.25, 0.3) is 0 Å². The first kappa shape index (κ1) is 20.4. The molecule has 0 aliphatic carbocycles. The average Bonchev–Trinajstić information content (AvgIpc) is 2.23. The Balaban J connectivity index is 5.26. The molecule has 4 heteroatoms. The van der Waals surface area contributed by atoms with Gasteiger partial charge in [-0.25, -0.2) is 0 Å². The second kappa shape index (κ2) is 7.57. The van der Waals surface area contributed by atoms with E-state index in [4.69, 9.17) is 18.0 Å². The lowest BCUT2D eigenvalue weighted by molar-refractivity contribution is -0.130. The van der Waals surface area contributed by atoms with Gasteiger partial charge >= 0.3 is 0 Å². The Kier molecular flexibility index (Phi) is 7.34. The van der Waals surface area contributed by atoms with Crippen molar-refractivity contribution in [2.24, 2.45) is 16.6 Å². The van der Waals surface area contributed by atoms with Gasteiger partial charge in [-0.3, -0.25) is 4.79 Å². The van der Waals surface area contributed by atoms with Gasteiger partial charge in [-0.1, -0.05) is 59.7 Å². The zero-order valence-electron chi connectivity index (χ0n) is 14.9.